The van der Waals surface area contributed by atoms with Crippen molar-refractivity contribution in [3.05, 3.63) is 59.2 Å². The minimum Gasteiger partial charge on any atom is -0.508 e. The lowest BCUT2D eigenvalue weighted by molar-refractivity contribution is -0.0369. The zero-order valence-electron chi connectivity index (χ0n) is 13.5. The van der Waals surface area contributed by atoms with Crippen LogP contribution in [-0.4, -0.2) is 31.4 Å². The Labute approximate surface area is 140 Å². The van der Waals surface area contributed by atoms with Gasteiger partial charge in [0, 0.05) is 19.1 Å². The lowest BCUT2D eigenvalue weighted by atomic mass is 10.0. The highest BCUT2D eigenvalue weighted by molar-refractivity contribution is 6.09. The summed E-state index contributed by atoms with van der Waals surface area (Å²) in [6.07, 6.45) is 3.31. The minimum atomic E-state index is -0.413. The van der Waals surface area contributed by atoms with Crippen LogP contribution in [0.3, 0.4) is 0 Å². The summed E-state index contributed by atoms with van der Waals surface area (Å²) in [5.74, 6) is 1.22. The highest BCUT2D eigenvalue weighted by Gasteiger charge is 2.30. The highest BCUT2D eigenvalue weighted by Crippen LogP contribution is 2.39. The fourth-order valence-electron chi connectivity index (χ4n) is 2.64. The van der Waals surface area contributed by atoms with E-state index in [4.69, 9.17) is 14.2 Å². The first-order valence-electron chi connectivity index (χ1n) is 7.53. The van der Waals surface area contributed by atoms with Crippen LogP contribution in [-0.2, 0) is 11.2 Å². The van der Waals surface area contributed by atoms with E-state index in [-0.39, 0.29) is 11.5 Å². The lowest BCUT2D eigenvalue weighted by Crippen LogP contribution is -2.15. The van der Waals surface area contributed by atoms with Crippen LogP contribution >= 0.6 is 0 Å². The van der Waals surface area contributed by atoms with Crippen molar-refractivity contribution in [2.75, 3.05) is 14.2 Å². The Kier molecular flexibility index (Phi) is 4.53. The molecule has 1 atom stereocenters. The second kappa shape index (κ2) is 6.76. The number of rotatable bonds is 5. The predicted molar refractivity (Wildman–Crippen MR) is 89.6 cm³/mol. The van der Waals surface area contributed by atoms with Gasteiger partial charge in [-0.05, 0) is 35.9 Å². The summed E-state index contributed by atoms with van der Waals surface area (Å²) < 4.78 is 16.3. The number of carbonyl (C=O) groups excluding carboxylic acids is 1. The lowest BCUT2D eigenvalue weighted by Gasteiger charge is -2.10. The average molecular weight is 326 g/mol. The summed E-state index contributed by atoms with van der Waals surface area (Å²) in [6, 6.07) is 10.1. The van der Waals surface area contributed by atoms with Crippen molar-refractivity contribution in [3.63, 3.8) is 0 Å². The largest absolute Gasteiger partial charge is 0.508 e. The molecule has 1 aliphatic heterocycles. The number of methoxy groups -OCH3 is 2. The number of aromatic hydroxyl groups is 1. The molecule has 5 nitrogen and oxygen atoms in total. The van der Waals surface area contributed by atoms with Gasteiger partial charge in [-0.15, -0.1) is 0 Å². The number of phenolic OH excluding ortho intramolecular Hbond substituents is 1. The van der Waals surface area contributed by atoms with Crippen LogP contribution in [0.15, 0.2) is 42.5 Å². The summed E-state index contributed by atoms with van der Waals surface area (Å²) >= 11 is 0. The van der Waals surface area contributed by atoms with Crippen molar-refractivity contribution < 1.29 is 24.1 Å². The number of ether oxygens (including phenoxy) is 3. The van der Waals surface area contributed by atoms with Gasteiger partial charge in [0.25, 0.3) is 0 Å². The van der Waals surface area contributed by atoms with Gasteiger partial charge in [-0.3, -0.25) is 4.79 Å². The molecule has 0 aromatic heterocycles. The van der Waals surface area contributed by atoms with Crippen LogP contribution in [0.2, 0.25) is 0 Å². The molecule has 0 bridgehead atoms. The van der Waals surface area contributed by atoms with Crippen LogP contribution < -0.4 is 9.47 Å². The third kappa shape index (κ3) is 3.12. The molecule has 0 aliphatic carbocycles. The average Bonchev–Trinajstić information content (AvgIpc) is 3.04. The molecule has 2 aromatic carbocycles. The SMILES string of the molecule is COc1ccc(C(=O)/C=C/c2ccc(O)cc2)c2c1C[C@H](OC)O2. The number of ketones is 1. The smallest absolute Gasteiger partial charge is 0.203 e. The molecule has 5 heteroatoms. The zero-order valence-corrected chi connectivity index (χ0v) is 13.5. The van der Waals surface area contributed by atoms with E-state index in [2.05, 4.69) is 0 Å². The number of hydrogen-bond donors (Lipinski definition) is 1. The summed E-state index contributed by atoms with van der Waals surface area (Å²) in [5, 5.41) is 9.28. The van der Waals surface area contributed by atoms with Crippen LogP contribution in [0.1, 0.15) is 21.5 Å². The Morgan fingerprint density at radius 2 is 1.96 bits per heavy atom. The number of allylic oxidation sites excluding steroid dienone is 1. The standard InChI is InChI=1S/C19H18O5/c1-22-17-10-8-14(19-15(17)11-18(23-2)24-19)16(21)9-5-12-3-6-13(20)7-4-12/h3-10,18,20H,11H2,1-2H3/b9-5+/t18-/m1/s1. The van der Waals surface area contributed by atoms with Gasteiger partial charge in [0.2, 0.25) is 6.29 Å². The second-order valence-corrected chi connectivity index (χ2v) is 5.40. The Bertz CT molecular complexity index is 777. The first kappa shape index (κ1) is 16.1. The number of phenols is 1. The molecule has 124 valence electrons. The normalized spacial score (nSPS) is 16.0. The molecule has 0 saturated heterocycles. The van der Waals surface area contributed by atoms with E-state index in [9.17, 15) is 9.90 Å². The molecule has 3 rings (SSSR count). The number of hydrogen-bond acceptors (Lipinski definition) is 5. The molecule has 0 spiro atoms. The highest BCUT2D eigenvalue weighted by atomic mass is 16.7. The van der Waals surface area contributed by atoms with E-state index in [1.165, 1.54) is 6.08 Å². The van der Waals surface area contributed by atoms with Crippen LogP contribution in [0.5, 0.6) is 17.2 Å². The molecule has 0 amide bonds. The molecule has 0 radical (unpaired) electrons. The fraction of sp³-hybridized carbons (Fsp3) is 0.211. The summed E-state index contributed by atoms with van der Waals surface area (Å²) in [7, 11) is 3.15. The van der Waals surface area contributed by atoms with Crippen molar-refractivity contribution in [3.8, 4) is 17.2 Å². The maximum absolute atomic E-state index is 12.5. The summed E-state index contributed by atoms with van der Waals surface area (Å²) in [4.78, 5) is 12.5. The molecular formula is C19H18O5. The Morgan fingerprint density at radius 1 is 1.21 bits per heavy atom. The predicted octanol–water partition coefficient (Wildman–Crippen LogP) is 3.20. The molecule has 0 saturated carbocycles. The maximum Gasteiger partial charge on any atom is 0.203 e. The Balaban J connectivity index is 1.88. The molecule has 1 aliphatic rings. The Hall–Kier alpha value is -2.79. The third-order valence-corrected chi connectivity index (χ3v) is 3.91. The molecular weight excluding hydrogens is 308 g/mol. The van der Waals surface area contributed by atoms with E-state index >= 15 is 0 Å². The van der Waals surface area contributed by atoms with Crippen molar-refractivity contribution >= 4 is 11.9 Å². The van der Waals surface area contributed by atoms with Gasteiger partial charge in [-0.2, -0.15) is 0 Å². The van der Waals surface area contributed by atoms with Crippen molar-refractivity contribution in [1.29, 1.82) is 0 Å². The number of carbonyl (C=O) groups is 1. The van der Waals surface area contributed by atoms with Crippen LogP contribution in [0.4, 0.5) is 0 Å². The van der Waals surface area contributed by atoms with Crippen LogP contribution in [0, 0.1) is 0 Å². The van der Waals surface area contributed by atoms with Crippen LogP contribution in [0.25, 0.3) is 6.08 Å². The van der Waals surface area contributed by atoms with Gasteiger partial charge in [0.05, 0.1) is 12.7 Å². The van der Waals surface area contributed by atoms with Gasteiger partial charge in [0.15, 0.2) is 5.78 Å². The quantitative estimate of drug-likeness (QED) is 0.675. The second-order valence-electron chi connectivity index (χ2n) is 5.40. The Morgan fingerprint density at radius 3 is 2.62 bits per heavy atom. The van der Waals surface area contributed by atoms with Crippen molar-refractivity contribution in [2.45, 2.75) is 12.7 Å². The van der Waals surface area contributed by atoms with E-state index in [1.54, 1.807) is 56.7 Å². The minimum absolute atomic E-state index is 0.168. The third-order valence-electron chi connectivity index (χ3n) is 3.91. The van der Waals surface area contributed by atoms with Crippen molar-refractivity contribution in [2.24, 2.45) is 0 Å². The molecule has 2 aromatic rings. The fourth-order valence-corrected chi connectivity index (χ4v) is 2.64. The van der Waals surface area contributed by atoms with Gasteiger partial charge in [-0.1, -0.05) is 18.2 Å². The first-order valence-corrected chi connectivity index (χ1v) is 7.53. The molecule has 1 heterocycles. The topological polar surface area (TPSA) is 65.0 Å². The number of benzene rings is 2. The molecule has 1 N–H and O–H groups in total. The molecule has 0 unspecified atom stereocenters. The van der Waals surface area contributed by atoms with Crippen molar-refractivity contribution in [1.82, 2.24) is 0 Å². The molecule has 0 fully saturated rings. The van der Waals surface area contributed by atoms with E-state index in [1.807, 2.05) is 0 Å². The monoisotopic (exact) mass is 326 g/mol. The van der Waals surface area contributed by atoms with Gasteiger partial charge >= 0.3 is 0 Å². The summed E-state index contributed by atoms with van der Waals surface area (Å²) in [5.41, 5.74) is 2.13. The van der Waals surface area contributed by atoms with Gasteiger partial charge < -0.3 is 19.3 Å². The first-order chi connectivity index (χ1) is 11.6. The molecule has 24 heavy (non-hydrogen) atoms. The maximum atomic E-state index is 12.5. The van der Waals surface area contributed by atoms with E-state index in [0.29, 0.717) is 23.5 Å². The summed E-state index contributed by atoms with van der Waals surface area (Å²) in [6.45, 7) is 0. The van der Waals surface area contributed by atoms with Gasteiger partial charge in [-0.25, -0.2) is 0 Å². The van der Waals surface area contributed by atoms with Gasteiger partial charge in [0.1, 0.15) is 17.2 Å². The number of fused-ring (bicyclic) bond motifs is 1. The van der Waals surface area contributed by atoms with E-state index < -0.39 is 6.29 Å². The van der Waals surface area contributed by atoms with E-state index in [0.717, 1.165) is 11.1 Å². The zero-order chi connectivity index (χ0) is 17.1.